The molecule has 23 heavy (non-hydrogen) atoms. The van der Waals surface area contributed by atoms with Gasteiger partial charge in [-0.1, -0.05) is 40.0 Å². The molecule has 0 unspecified atom stereocenters. The van der Waals surface area contributed by atoms with Crippen LogP contribution in [0.15, 0.2) is 11.0 Å². The molecule has 0 saturated carbocycles. The van der Waals surface area contributed by atoms with Crippen molar-refractivity contribution in [3.63, 3.8) is 0 Å². The summed E-state index contributed by atoms with van der Waals surface area (Å²) in [5.41, 5.74) is 9.99. The van der Waals surface area contributed by atoms with Crippen molar-refractivity contribution < 1.29 is 8.42 Å². The third kappa shape index (κ3) is 5.50. The summed E-state index contributed by atoms with van der Waals surface area (Å²) in [4.78, 5) is 0.231. The minimum Gasteiger partial charge on any atom is -0.398 e. The zero-order valence-electron chi connectivity index (χ0n) is 14.8. The fourth-order valence-corrected chi connectivity index (χ4v) is 3.79. The number of sulfonamides is 1. The normalized spacial score (nSPS) is 11.8. The number of unbranched alkanes of at least 4 members (excludes halogenated alkanes) is 3. The van der Waals surface area contributed by atoms with Crippen LogP contribution in [0.2, 0.25) is 0 Å². The topological polar surface area (TPSA) is 86.2 Å². The van der Waals surface area contributed by atoms with Gasteiger partial charge in [0.25, 0.3) is 0 Å². The molecule has 5 heteroatoms. The van der Waals surface area contributed by atoms with Crippen LogP contribution in [0.1, 0.15) is 76.0 Å². The molecule has 4 nitrogen and oxygen atoms in total. The molecule has 1 aromatic carbocycles. The van der Waals surface area contributed by atoms with Gasteiger partial charge in [-0.15, -0.1) is 0 Å². The summed E-state index contributed by atoms with van der Waals surface area (Å²) in [5.74, 6) is 0. The maximum Gasteiger partial charge on any atom is 0.238 e. The van der Waals surface area contributed by atoms with Gasteiger partial charge in [0.1, 0.15) is 0 Å². The summed E-state index contributed by atoms with van der Waals surface area (Å²) in [5, 5.41) is 5.46. The molecule has 0 atom stereocenters. The molecule has 1 rings (SSSR count). The number of primary sulfonamides is 1. The summed E-state index contributed by atoms with van der Waals surface area (Å²) in [6.45, 7) is 6.37. The summed E-state index contributed by atoms with van der Waals surface area (Å²) in [6.07, 6.45) is 8.58. The lowest BCUT2D eigenvalue weighted by Crippen LogP contribution is -2.18. The molecule has 0 heterocycles. The van der Waals surface area contributed by atoms with E-state index in [4.69, 9.17) is 10.9 Å². The summed E-state index contributed by atoms with van der Waals surface area (Å²) in [7, 11) is -3.75. The van der Waals surface area contributed by atoms with Gasteiger partial charge < -0.3 is 5.73 Å². The van der Waals surface area contributed by atoms with Crippen LogP contribution in [0.25, 0.3) is 0 Å². The fraction of sp³-hybridized carbons (Fsp3) is 0.667. The predicted molar refractivity (Wildman–Crippen MR) is 98.1 cm³/mol. The Hall–Kier alpha value is -1.07. The van der Waals surface area contributed by atoms with Crippen molar-refractivity contribution in [3.8, 4) is 0 Å². The Labute approximate surface area is 141 Å². The van der Waals surface area contributed by atoms with Crippen molar-refractivity contribution in [2.75, 3.05) is 5.73 Å². The third-order valence-electron chi connectivity index (χ3n) is 4.31. The van der Waals surface area contributed by atoms with Crippen LogP contribution in [0.4, 0.5) is 5.69 Å². The van der Waals surface area contributed by atoms with Crippen molar-refractivity contribution in [1.29, 1.82) is 0 Å². The number of nitrogens with two attached hydrogens (primary N) is 2. The van der Waals surface area contributed by atoms with Crippen molar-refractivity contribution in [3.05, 3.63) is 22.8 Å². The number of anilines is 1. The van der Waals surface area contributed by atoms with Gasteiger partial charge in [0.15, 0.2) is 0 Å². The van der Waals surface area contributed by atoms with Gasteiger partial charge in [-0.3, -0.25) is 0 Å². The predicted octanol–water partition coefficient (Wildman–Crippen LogP) is 3.94. The average molecular weight is 341 g/mol. The lowest BCUT2D eigenvalue weighted by Gasteiger charge is -2.19. The van der Waals surface area contributed by atoms with E-state index in [1.54, 1.807) is 6.07 Å². The molecule has 0 saturated heterocycles. The van der Waals surface area contributed by atoms with Crippen LogP contribution in [0.3, 0.4) is 0 Å². The van der Waals surface area contributed by atoms with Crippen molar-refractivity contribution >= 4 is 15.7 Å². The second kappa shape index (κ2) is 9.28. The highest BCUT2D eigenvalue weighted by atomic mass is 32.2. The second-order valence-electron chi connectivity index (χ2n) is 6.26. The van der Waals surface area contributed by atoms with Gasteiger partial charge in [0.05, 0.1) is 4.90 Å². The van der Waals surface area contributed by atoms with E-state index < -0.39 is 10.0 Å². The summed E-state index contributed by atoms with van der Waals surface area (Å²) < 4.78 is 24.1. The highest BCUT2D eigenvalue weighted by Crippen LogP contribution is 2.32. The van der Waals surface area contributed by atoms with E-state index in [0.29, 0.717) is 12.1 Å². The lowest BCUT2D eigenvalue weighted by molar-refractivity contribution is 0.595. The summed E-state index contributed by atoms with van der Waals surface area (Å²) in [6, 6.07) is 1.79. The van der Waals surface area contributed by atoms with Crippen molar-refractivity contribution in [2.45, 2.75) is 83.5 Å². The van der Waals surface area contributed by atoms with Gasteiger partial charge in [0.2, 0.25) is 10.0 Å². The third-order valence-corrected chi connectivity index (χ3v) is 5.28. The second-order valence-corrected chi connectivity index (χ2v) is 7.79. The molecule has 4 N–H and O–H groups in total. The Kier molecular flexibility index (Phi) is 8.06. The monoisotopic (exact) mass is 340 g/mol. The molecular weight excluding hydrogens is 308 g/mol. The molecule has 0 amide bonds. The Morgan fingerprint density at radius 1 is 0.870 bits per heavy atom. The molecule has 0 radical (unpaired) electrons. The standard InChI is InChI=1S/C18H32N2O2S/c1-4-7-10-14-13-17(23(20,21)22)16(12-9-6-3)18(19)15(14)11-8-5-2/h13H,4-12,19H2,1-3H3,(H2,20,21,22). The van der Waals surface area contributed by atoms with Gasteiger partial charge in [-0.2, -0.15) is 0 Å². The number of rotatable bonds is 10. The molecular formula is C18H32N2O2S. The van der Waals surface area contributed by atoms with Crippen molar-refractivity contribution in [1.82, 2.24) is 0 Å². The van der Waals surface area contributed by atoms with Crippen LogP contribution in [-0.2, 0) is 29.3 Å². The molecule has 0 bridgehead atoms. The van der Waals surface area contributed by atoms with E-state index in [-0.39, 0.29) is 4.90 Å². The zero-order chi connectivity index (χ0) is 17.5. The van der Waals surface area contributed by atoms with E-state index in [2.05, 4.69) is 20.8 Å². The van der Waals surface area contributed by atoms with Crippen LogP contribution < -0.4 is 10.9 Å². The number of hydrogen-bond donors (Lipinski definition) is 2. The van der Waals surface area contributed by atoms with E-state index in [0.717, 1.165) is 68.1 Å². The number of aryl methyl sites for hydroxylation is 1. The molecule has 132 valence electrons. The van der Waals surface area contributed by atoms with Gasteiger partial charge in [0, 0.05) is 5.69 Å². The van der Waals surface area contributed by atoms with Crippen LogP contribution in [0.5, 0.6) is 0 Å². The highest BCUT2D eigenvalue weighted by molar-refractivity contribution is 7.89. The maximum atomic E-state index is 12.0. The fourth-order valence-electron chi connectivity index (χ4n) is 2.92. The number of nitrogen functional groups attached to an aromatic ring is 1. The van der Waals surface area contributed by atoms with Crippen LogP contribution in [0, 0.1) is 0 Å². The Morgan fingerprint density at radius 3 is 1.83 bits per heavy atom. The van der Waals surface area contributed by atoms with E-state index in [1.807, 2.05) is 0 Å². The first-order chi connectivity index (χ1) is 10.9. The Balaban J connectivity index is 3.47. The molecule has 0 aliphatic heterocycles. The molecule has 0 fully saturated rings. The Morgan fingerprint density at radius 2 is 1.35 bits per heavy atom. The molecule has 0 aliphatic carbocycles. The lowest BCUT2D eigenvalue weighted by atomic mass is 9.92. The smallest absolute Gasteiger partial charge is 0.238 e. The van der Waals surface area contributed by atoms with E-state index in [9.17, 15) is 8.42 Å². The molecule has 0 aliphatic rings. The summed E-state index contributed by atoms with van der Waals surface area (Å²) >= 11 is 0. The highest BCUT2D eigenvalue weighted by Gasteiger charge is 2.21. The first kappa shape index (κ1) is 20.0. The number of benzene rings is 1. The van der Waals surface area contributed by atoms with Crippen LogP contribution in [-0.4, -0.2) is 8.42 Å². The number of hydrogen-bond acceptors (Lipinski definition) is 3. The van der Waals surface area contributed by atoms with Gasteiger partial charge >= 0.3 is 0 Å². The largest absolute Gasteiger partial charge is 0.398 e. The zero-order valence-corrected chi connectivity index (χ0v) is 15.6. The maximum absolute atomic E-state index is 12.0. The first-order valence-corrected chi connectivity index (χ1v) is 10.4. The van der Waals surface area contributed by atoms with Gasteiger partial charge in [-0.25, -0.2) is 13.6 Å². The quantitative estimate of drug-likeness (QED) is 0.632. The average Bonchev–Trinajstić information content (AvgIpc) is 2.49. The Bertz CT molecular complexity index is 610. The van der Waals surface area contributed by atoms with E-state index in [1.165, 1.54) is 0 Å². The van der Waals surface area contributed by atoms with Gasteiger partial charge in [-0.05, 0) is 61.3 Å². The molecule has 1 aromatic rings. The minimum absolute atomic E-state index is 0.231. The van der Waals surface area contributed by atoms with Crippen molar-refractivity contribution in [2.24, 2.45) is 5.14 Å². The van der Waals surface area contributed by atoms with E-state index >= 15 is 0 Å². The molecule has 0 aromatic heterocycles. The molecule has 0 spiro atoms. The first-order valence-electron chi connectivity index (χ1n) is 8.82. The van der Waals surface area contributed by atoms with Crippen LogP contribution >= 0.6 is 0 Å². The minimum atomic E-state index is -3.75. The SMILES string of the molecule is CCCCc1cc(S(N)(=O)=O)c(CCCC)c(N)c1CCCC.